The van der Waals surface area contributed by atoms with Gasteiger partial charge < -0.3 is 5.73 Å². The third-order valence-electron chi connectivity index (χ3n) is 2.27. The molecule has 1 fully saturated rings. The molecule has 0 aliphatic heterocycles. The smallest absolute Gasteiger partial charge is 0.00745 e. The van der Waals surface area contributed by atoms with Gasteiger partial charge in [0.1, 0.15) is 0 Å². The monoisotopic (exact) mass is 127 g/mol. The molecule has 2 atom stereocenters. The van der Waals surface area contributed by atoms with Gasteiger partial charge in [0, 0.05) is 0 Å². The van der Waals surface area contributed by atoms with E-state index in [0.29, 0.717) is 0 Å². The molecule has 1 rings (SSSR count). The molecule has 0 aromatic heterocycles. The molecule has 0 heterocycles. The van der Waals surface area contributed by atoms with Crippen LogP contribution in [0.3, 0.4) is 0 Å². The van der Waals surface area contributed by atoms with E-state index in [1.165, 1.54) is 25.7 Å². The predicted octanol–water partition coefficient (Wildman–Crippen LogP) is 1.77. The highest BCUT2D eigenvalue weighted by Crippen LogP contribution is 2.43. The Balaban J connectivity index is 1.96. The fraction of sp³-hybridized carbons (Fsp3) is 1.00. The minimum Gasteiger partial charge on any atom is -0.330 e. The van der Waals surface area contributed by atoms with E-state index in [2.05, 4.69) is 6.92 Å². The molecule has 0 radical (unpaired) electrons. The first kappa shape index (κ1) is 7.07. The minimum atomic E-state index is 0.894. The van der Waals surface area contributed by atoms with E-state index in [9.17, 15) is 0 Å². The topological polar surface area (TPSA) is 26.0 Å². The number of hydrogen-bond acceptors (Lipinski definition) is 1. The Morgan fingerprint density at radius 1 is 1.33 bits per heavy atom. The first-order valence-corrected chi connectivity index (χ1v) is 4.08. The molecule has 0 spiro atoms. The van der Waals surface area contributed by atoms with Crippen molar-refractivity contribution in [3.05, 3.63) is 0 Å². The second kappa shape index (κ2) is 3.21. The molecule has 0 saturated heterocycles. The van der Waals surface area contributed by atoms with Crippen molar-refractivity contribution < 1.29 is 0 Å². The van der Waals surface area contributed by atoms with Crippen LogP contribution in [0.5, 0.6) is 0 Å². The second-order valence-corrected chi connectivity index (χ2v) is 3.12. The van der Waals surface area contributed by atoms with E-state index in [-0.39, 0.29) is 0 Å². The number of rotatable bonds is 4. The Bertz CT molecular complexity index is 70.6. The molecule has 1 aliphatic carbocycles. The van der Waals surface area contributed by atoms with Crippen LogP contribution >= 0.6 is 0 Å². The van der Waals surface area contributed by atoms with E-state index in [4.69, 9.17) is 5.73 Å². The van der Waals surface area contributed by atoms with E-state index < -0.39 is 0 Å². The summed E-state index contributed by atoms with van der Waals surface area (Å²) in [5, 5.41) is 0. The standard InChI is InChI=1S/C8H17N/c1-2-3-7-6-8(7)4-5-9/h7-8H,2-6,9H2,1H3. The summed E-state index contributed by atoms with van der Waals surface area (Å²) in [5.74, 6) is 2.06. The van der Waals surface area contributed by atoms with Crippen molar-refractivity contribution in [3.63, 3.8) is 0 Å². The highest BCUT2D eigenvalue weighted by Gasteiger charge is 2.34. The van der Waals surface area contributed by atoms with Gasteiger partial charge in [0.2, 0.25) is 0 Å². The molecule has 2 N–H and O–H groups in total. The van der Waals surface area contributed by atoms with Gasteiger partial charge in [-0.2, -0.15) is 0 Å². The number of nitrogens with two attached hydrogens (primary N) is 1. The molecule has 0 aromatic rings. The third-order valence-corrected chi connectivity index (χ3v) is 2.27. The van der Waals surface area contributed by atoms with Crippen LogP contribution in [0.15, 0.2) is 0 Å². The van der Waals surface area contributed by atoms with Gasteiger partial charge in [-0.1, -0.05) is 19.8 Å². The van der Waals surface area contributed by atoms with Crippen LogP contribution in [-0.4, -0.2) is 6.54 Å². The van der Waals surface area contributed by atoms with E-state index >= 15 is 0 Å². The van der Waals surface area contributed by atoms with Crippen molar-refractivity contribution in [3.8, 4) is 0 Å². The van der Waals surface area contributed by atoms with Gasteiger partial charge in [0.15, 0.2) is 0 Å². The van der Waals surface area contributed by atoms with Crippen LogP contribution < -0.4 is 5.73 Å². The summed E-state index contributed by atoms with van der Waals surface area (Å²) in [6, 6.07) is 0. The first-order chi connectivity index (χ1) is 4.38. The lowest BCUT2D eigenvalue weighted by Crippen LogP contribution is -1.99. The van der Waals surface area contributed by atoms with Crippen LogP contribution in [0.25, 0.3) is 0 Å². The van der Waals surface area contributed by atoms with Crippen molar-refractivity contribution in [1.82, 2.24) is 0 Å². The van der Waals surface area contributed by atoms with Crippen LogP contribution in [0.2, 0.25) is 0 Å². The summed E-state index contributed by atoms with van der Waals surface area (Å²) < 4.78 is 0. The summed E-state index contributed by atoms with van der Waals surface area (Å²) in [6.45, 7) is 3.16. The summed E-state index contributed by atoms with van der Waals surface area (Å²) in [4.78, 5) is 0. The zero-order chi connectivity index (χ0) is 6.69. The van der Waals surface area contributed by atoms with Gasteiger partial charge in [0.25, 0.3) is 0 Å². The van der Waals surface area contributed by atoms with Crippen molar-refractivity contribution in [2.75, 3.05) is 6.54 Å². The Hall–Kier alpha value is -0.0400. The molecule has 1 saturated carbocycles. The maximum absolute atomic E-state index is 5.43. The molecule has 1 aliphatic rings. The Morgan fingerprint density at radius 3 is 2.56 bits per heavy atom. The Kier molecular flexibility index (Phi) is 2.52. The van der Waals surface area contributed by atoms with Crippen LogP contribution in [-0.2, 0) is 0 Å². The SMILES string of the molecule is CCCC1CC1CCN. The maximum atomic E-state index is 5.43. The van der Waals surface area contributed by atoms with Crippen molar-refractivity contribution in [2.45, 2.75) is 32.6 Å². The Morgan fingerprint density at radius 2 is 2.00 bits per heavy atom. The highest BCUT2D eigenvalue weighted by atomic mass is 14.5. The zero-order valence-corrected chi connectivity index (χ0v) is 6.27. The molecule has 54 valence electrons. The largest absolute Gasteiger partial charge is 0.330 e. The van der Waals surface area contributed by atoms with E-state index in [1.54, 1.807) is 0 Å². The van der Waals surface area contributed by atoms with Gasteiger partial charge in [-0.15, -0.1) is 0 Å². The van der Waals surface area contributed by atoms with Gasteiger partial charge in [0.05, 0.1) is 0 Å². The summed E-state index contributed by atoms with van der Waals surface area (Å²) in [5.41, 5.74) is 5.43. The van der Waals surface area contributed by atoms with E-state index in [0.717, 1.165) is 18.4 Å². The third kappa shape index (κ3) is 1.98. The zero-order valence-electron chi connectivity index (χ0n) is 6.27. The lowest BCUT2D eigenvalue weighted by molar-refractivity contribution is 0.606. The molecule has 0 amide bonds. The van der Waals surface area contributed by atoms with Gasteiger partial charge in [-0.25, -0.2) is 0 Å². The minimum absolute atomic E-state index is 0.894. The molecule has 0 bridgehead atoms. The van der Waals surface area contributed by atoms with Crippen molar-refractivity contribution in [1.29, 1.82) is 0 Å². The van der Waals surface area contributed by atoms with Gasteiger partial charge >= 0.3 is 0 Å². The van der Waals surface area contributed by atoms with Crippen LogP contribution in [0.4, 0.5) is 0 Å². The lowest BCUT2D eigenvalue weighted by atomic mass is 10.2. The fourth-order valence-electron chi connectivity index (χ4n) is 1.60. The van der Waals surface area contributed by atoms with Crippen molar-refractivity contribution >= 4 is 0 Å². The molecule has 1 nitrogen and oxygen atoms in total. The summed E-state index contributed by atoms with van der Waals surface area (Å²) in [6.07, 6.45) is 5.52. The molecular weight excluding hydrogens is 110 g/mol. The van der Waals surface area contributed by atoms with E-state index in [1.807, 2.05) is 0 Å². The first-order valence-electron chi connectivity index (χ1n) is 4.08. The molecule has 2 unspecified atom stereocenters. The molecular formula is C8H17N. The number of hydrogen-bond donors (Lipinski definition) is 1. The second-order valence-electron chi connectivity index (χ2n) is 3.12. The lowest BCUT2D eigenvalue weighted by Gasteiger charge is -1.93. The molecule has 0 aromatic carbocycles. The van der Waals surface area contributed by atoms with Crippen molar-refractivity contribution in [2.24, 2.45) is 17.6 Å². The average Bonchev–Trinajstić information content (AvgIpc) is 2.50. The van der Waals surface area contributed by atoms with Crippen LogP contribution in [0, 0.1) is 11.8 Å². The summed E-state index contributed by atoms with van der Waals surface area (Å²) in [7, 11) is 0. The van der Waals surface area contributed by atoms with Crippen LogP contribution in [0.1, 0.15) is 32.6 Å². The maximum Gasteiger partial charge on any atom is -0.00745 e. The molecule has 9 heavy (non-hydrogen) atoms. The Labute approximate surface area is 57.6 Å². The predicted molar refractivity (Wildman–Crippen MR) is 40.2 cm³/mol. The fourth-order valence-corrected chi connectivity index (χ4v) is 1.60. The van der Waals surface area contributed by atoms with Gasteiger partial charge in [-0.05, 0) is 31.2 Å². The summed E-state index contributed by atoms with van der Waals surface area (Å²) >= 11 is 0. The average molecular weight is 127 g/mol. The molecule has 1 heteroatoms. The highest BCUT2D eigenvalue weighted by molar-refractivity contribution is 4.85. The van der Waals surface area contributed by atoms with Gasteiger partial charge in [-0.3, -0.25) is 0 Å². The normalized spacial score (nSPS) is 32.7. The quantitative estimate of drug-likeness (QED) is 0.612.